The lowest BCUT2D eigenvalue weighted by atomic mass is 10.1. The first-order valence-corrected chi connectivity index (χ1v) is 9.05. The summed E-state index contributed by atoms with van der Waals surface area (Å²) in [6, 6.07) is 7.42. The van der Waals surface area contributed by atoms with Gasteiger partial charge in [0.25, 0.3) is 0 Å². The molecule has 2 aromatic rings. The Morgan fingerprint density at radius 1 is 1.35 bits per heavy atom. The molecule has 3 N–H and O–H groups in total. The number of primary amides is 1. The van der Waals surface area contributed by atoms with Crippen LogP contribution in [-0.4, -0.2) is 22.6 Å². The molecular formula is C15H16ClN3O2S2. The first-order chi connectivity index (χ1) is 10.9. The minimum absolute atomic E-state index is 0.0971. The molecule has 1 aromatic heterocycles. The minimum Gasteiger partial charge on any atom is -0.369 e. The summed E-state index contributed by atoms with van der Waals surface area (Å²) in [7, 11) is 0. The van der Waals surface area contributed by atoms with Crippen LogP contribution in [0.5, 0.6) is 0 Å². The van der Waals surface area contributed by atoms with E-state index in [9.17, 15) is 9.59 Å². The van der Waals surface area contributed by atoms with Crippen molar-refractivity contribution in [3.8, 4) is 0 Å². The van der Waals surface area contributed by atoms with E-state index in [0.29, 0.717) is 23.0 Å². The number of nitrogens with zero attached hydrogens (tertiary/aromatic N) is 1. The van der Waals surface area contributed by atoms with Crippen LogP contribution in [-0.2, 0) is 16.0 Å². The van der Waals surface area contributed by atoms with Gasteiger partial charge in [-0.05, 0) is 31.0 Å². The summed E-state index contributed by atoms with van der Waals surface area (Å²) in [6.45, 7) is 1.84. The molecule has 0 aliphatic carbocycles. The molecule has 0 fully saturated rings. The molecule has 0 radical (unpaired) electrons. The van der Waals surface area contributed by atoms with Crippen LogP contribution in [0.3, 0.4) is 0 Å². The molecule has 5 nitrogen and oxygen atoms in total. The molecule has 2 rings (SSSR count). The van der Waals surface area contributed by atoms with E-state index in [1.54, 1.807) is 12.1 Å². The fourth-order valence-corrected chi connectivity index (χ4v) is 3.82. The first kappa shape index (κ1) is 17.8. The number of thioether (sulfide) groups is 1. The maximum atomic E-state index is 12.0. The number of hydrogen-bond acceptors (Lipinski definition) is 5. The van der Waals surface area contributed by atoms with Crippen LogP contribution in [0.25, 0.3) is 0 Å². The van der Waals surface area contributed by atoms with Crippen molar-refractivity contribution in [1.29, 1.82) is 0 Å². The number of hydrogen-bond donors (Lipinski definition) is 2. The molecule has 122 valence electrons. The lowest BCUT2D eigenvalue weighted by Crippen LogP contribution is -2.12. The van der Waals surface area contributed by atoms with Gasteiger partial charge in [-0.2, -0.15) is 0 Å². The number of rotatable bonds is 7. The molecule has 0 saturated heterocycles. The summed E-state index contributed by atoms with van der Waals surface area (Å²) in [6.07, 6.45) is 1.00. The number of benzene rings is 1. The highest BCUT2D eigenvalue weighted by atomic mass is 35.5. The molecular weight excluding hydrogens is 354 g/mol. The predicted octanol–water partition coefficient (Wildman–Crippen LogP) is 3.25. The number of thiazole rings is 1. The van der Waals surface area contributed by atoms with E-state index in [-0.39, 0.29) is 17.6 Å². The summed E-state index contributed by atoms with van der Waals surface area (Å²) in [5, 5.41) is 4.00. The van der Waals surface area contributed by atoms with Gasteiger partial charge in [-0.25, -0.2) is 4.98 Å². The summed E-state index contributed by atoms with van der Waals surface area (Å²) in [5.74, 6) is -0.274. The second-order valence-electron chi connectivity index (χ2n) is 4.82. The van der Waals surface area contributed by atoms with Gasteiger partial charge in [-0.15, -0.1) is 11.8 Å². The highest BCUT2D eigenvalue weighted by Crippen LogP contribution is 2.31. The Labute approximate surface area is 147 Å². The summed E-state index contributed by atoms with van der Waals surface area (Å²) in [4.78, 5) is 27.1. The number of nitrogens with one attached hydrogen (secondary N) is 1. The van der Waals surface area contributed by atoms with Crippen LogP contribution in [0.4, 0.5) is 5.13 Å². The maximum Gasteiger partial charge on any atom is 0.227 e. The van der Waals surface area contributed by atoms with E-state index in [2.05, 4.69) is 10.3 Å². The van der Waals surface area contributed by atoms with E-state index < -0.39 is 0 Å². The monoisotopic (exact) mass is 369 g/mol. The molecule has 0 saturated carbocycles. The molecule has 1 aromatic carbocycles. The minimum atomic E-state index is -0.378. The lowest BCUT2D eigenvalue weighted by Gasteiger charge is -2.02. The molecule has 0 aliphatic heterocycles. The zero-order chi connectivity index (χ0) is 16.8. The zero-order valence-electron chi connectivity index (χ0n) is 12.5. The highest BCUT2D eigenvalue weighted by Gasteiger charge is 2.12. The zero-order valence-corrected chi connectivity index (χ0v) is 14.9. The number of halogens is 1. The Hall–Kier alpha value is -1.57. The SMILES string of the molecule is Cc1nc(NC(=O)CCc2ccc(Cl)cc2)sc1SCC(N)=O. The van der Waals surface area contributed by atoms with Crippen molar-refractivity contribution < 1.29 is 9.59 Å². The van der Waals surface area contributed by atoms with Crippen LogP contribution < -0.4 is 11.1 Å². The Morgan fingerprint density at radius 3 is 2.70 bits per heavy atom. The molecule has 0 bridgehead atoms. The van der Waals surface area contributed by atoms with Gasteiger partial charge in [0.1, 0.15) is 0 Å². The van der Waals surface area contributed by atoms with E-state index in [0.717, 1.165) is 15.5 Å². The van der Waals surface area contributed by atoms with Crippen molar-refractivity contribution in [3.05, 3.63) is 40.5 Å². The summed E-state index contributed by atoms with van der Waals surface area (Å²) in [5.41, 5.74) is 6.97. The second kappa shape index (κ2) is 8.33. The van der Waals surface area contributed by atoms with Gasteiger partial charge in [0.05, 0.1) is 15.7 Å². The summed E-state index contributed by atoms with van der Waals surface area (Å²) < 4.78 is 0.886. The predicted molar refractivity (Wildman–Crippen MR) is 95.2 cm³/mol. The molecule has 0 spiro atoms. The topological polar surface area (TPSA) is 85.1 Å². The largest absolute Gasteiger partial charge is 0.369 e. The van der Waals surface area contributed by atoms with Gasteiger partial charge in [0.2, 0.25) is 11.8 Å². The quantitative estimate of drug-likeness (QED) is 0.733. The van der Waals surface area contributed by atoms with Gasteiger partial charge >= 0.3 is 0 Å². The van der Waals surface area contributed by atoms with Crippen molar-refractivity contribution in [3.63, 3.8) is 0 Å². The standard InChI is InChI=1S/C15H16ClN3O2S2/c1-9-14(22-8-12(17)20)23-15(18-9)19-13(21)7-4-10-2-5-11(16)6-3-10/h2-3,5-6H,4,7-8H2,1H3,(H2,17,20)(H,18,19,21). The van der Waals surface area contributed by atoms with Gasteiger partial charge in [-0.1, -0.05) is 35.1 Å². The molecule has 2 amide bonds. The molecule has 0 unspecified atom stereocenters. The molecule has 8 heteroatoms. The highest BCUT2D eigenvalue weighted by molar-refractivity contribution is 8.01. The number of anilines is 1. The number of carbonyl (C=O) groups excluding carboxylic acids is 2. The van der Waals surface area contributed by atoms with Crippen molar-refractivity contribution in [2.45, 2.75) is 24.0 Å². The summed E-state index contributed by atoms with van der Waals surface area (Å²) >= 11 is 8.51. The Bertz CT molecular complexity index is 701. The number of carbonyl (C=O) groups is 2. The molecule has 0 aliphatic rings. The first-order valence-electron chi connectivity index (χ1n) is 6.87. The van der Waals surface area contributed by atoms with Crippen LogP contribution >= 0.6 is 34.7 Å². The Morgan fingerprint density at radius 2 is 2.04 bits per heavy atom. The van der Waals surface area contributed by atoms with E-state index in [1.165, 1.54) is 23.1 Å². The van der Waals surface area contributed by atoms with E-state index in [4.69, 9.17) is 17.3 Å². The third-order valence-corrected chi connectivity index (χ3v) is 5.61. The van der Waals surface area contributed by atoms with Crippen LogP contribution in [0.2, 0.25) is 5.02 Å². The third-order valence-electron chi connectivity index (χ3n) is 2.90. The average Bonchev–Trinajstić information content (AvgIpc) is 2.84. The van der Waals surface area contributed by atoms with E-state index >= 15 is 0 Å². The molecule has 23 heavy (non-hydrogen) atoms. The smallest absolute Gasteiger partial charge is 0.227 e. The van der Waals surface area contributed by atoms with Crippen LogP contribution in [0, 0.1) is 6.92 Å². The van der Waals surface area contributed by atoms with Gasteiger partial charge in [-0.3, -0.25) is 9.59 Å². The molecule has 1 heterocycles. The fraction of sp³-hybridized carbons (Fsp3) is 0.267. The molecule has 0 atom stereocenters. The van der Waals surface area contributed by atoms with E-state index in [1.807, 2.05) is 19.1 Å². The van der Waals surface area contributed by atoms with Gasteiger partial charge in [0, 0.05) is 11.4 Å². The van der Waals surface area contributed by atoms with Crippen molar-refractivity contribution in [2.24, 2.45) is 5.73 Å². The third kappa shape index (κ3) is 5.85. The van der Waals surface area contributed by atoms with Crippen LogP contribution in [0.15, 0.2) is 28.5 Å². The maximum absolute atomic E-state index is 12.0. The average molecular weight is 370 g/mol. The number of aromatic nitrogens is 1. The van der Waals surface area contributed by atoms with Crippen molar-refractivity contribution in [2.75, 3.05) is 11.1 Å². The number of aryl methyl sites for hydroxylation is 2. The van der Waals surface area contributed by atoms with Crippen LogP contribution in [0.1, 0.15) is 17.7 Å². The Kier molecular flexibility index (Phi) is 6.44. The van der Waals surface area contributed by atoms with Crippen molar-refractivity contribution >= 4 is 51.6 Å². The number of nitrogens with two attached hydrogens (primary N) is 1. The fourth-order valence-electron chi connectivity index (χ4n) is 1.80. The number of amides is 2. The van der Waals surface area contributed by atoms with Crippen molar-refractivity contribution in [1.82, 2.24) is 4.98 Å². The van der Waals surface area contributed by atoms with Gasteiger partial charge in [0.15, 0.2) is 5.13 Å². The lowest BCUT2D eigenvalue weighted by molar-refractivity contribution is -0.116. The van der Waals surface area contributed by atoms with Gasteiger partial charge < -0.3 is 11.1 Å². The second-order valence-corrected chi connectivity index (χ2v) is 7.50. The normalized spacial score (nSPS) is 10.5. The Balaban J connectivity index is 1.86.